The Morgan fingerprint density at radius 2 is 2.07 bits per heavy atom. The van der Waals surface area contributed by atoms with Crippen molar-refractivity contribution in [2.75, 3.05) is 13.2 Å². The molecule has 3 N–H and O–H groups in total. The first-order valence-electron chi connectivity index (χ1n) is 9.64. The van der Waals surface area contributed by atoms with Gasteiger partial charge in [-0.25, -0.2) is 10.3 Å². The Hall–Kier alpha value is -2.38. The van der Waals surface area contributed by atoms with E-state index < -0.39 is 0 Å². The van der Waals surface area contributed by atoms with Crippen LogP contribution in [-0.2, 0) is 14.4 Å². The highest BCUT2D eigenvalue weighted by atomic mass is 16.8. The van der Waals surface area contributed by atoms with E-state index in [9.17, 15) is 9.59 Å². The number of para-hydroxylation sites is 1. The maximum Gasteiger partial charge on any atom is 0.267 e. The Morgan fingerprint density at radius 1 is 1.19 bits per heavy atom. The van der Waals surface area contributed by atoms with Gasteiger partial charge >= 0.3 is 0 Å². The highest BCUT2D eigenvalue weighted by Gasteiger charge is 2.15. The van der Waals surface area contributed by atoms with Gasteiger partial charge in [-0.3, -0.25) is 9.59 Å². The fourth-order valence-electron chi connectivity index (χ4n) is 3.07. The minimum Gasteiger partial charge on any atom is -0.351 e. The number of H-pyrrole nitrogens is 1. The summed E-state index contributed by atoms with van der Waals surface area (Å²) in [4.78, 5) is 32.2. The maximum absolute atomic E-state index is 12.2. The molecule has 2 aromatic rings. The van der Waals surface area contributed by atoms with Gasteiger partial charge in [-0.05, 0) is 37.8 Å². The van der Waals surface area contributed by atoms with Crippen LogP contribution in [0.4, 0.5) is 0 Å². The number of hydrogen-bond donors (Lipinski definition) is 3. The van der Waals surface area contributed by atoms with E-state index in [1.807, 2.05) is 30.3 Å². The van der Waals surface area contributed by atoms with Gasteiger partial charge in [0.15, 0.2) is 6.29 Å². The summed E-state index contributed by atoms with van der Waals surface area (Å²) in [7, 11) is 0. The van der Waals surface area contributed by atoms with Gasteiger partial charge in [0.1, 0.15) is 5.69 Å². The summed E-state index contributed by atoms with van der Waals surface area (Å²) in [6.45, 7) is 1.27. The first kappa shape index (κ1) is 19.4. The average molecular weight is 373 g/mol. The van der Waals surface area contributed by atoms with E-state index in [4.69, 9.17) is 9.57 Å². The lowest BCUT2D eigenvalue weighted by atomic mass is 10.2. The van der Waals surface area contributed by atoms with Crippen molar-refractivity contribution in [3.8, 4) is 0 Å². The zero-order chi connectivity index (χ0) is 18.9. The van der Waals surface area contributed by atoms with E-state index in [1.54, 1.807) is 0 Å². The molecule has 2 heterocycles. The number of unbranched alkanes of at least 4 members (excludes halogenated alkanes) is 2. The fraction of sp³-hybridized carbons (Fsp3) is 0.500. The molecule has 27 heavy (non-hydrogen) atoms. The lowest BCUT2D eigenvalue weighted by molar-refractivity contribution is -0.200. The maximum atomic E-state index is 12.2. The molecular formula is C20H27N3O4. The van der Waals surface area contributed by atoms with E-state index in [1.165, 1.54) is 0 Å². The fourth-order valence-corrected chi connectivity index (χ4v) is 3.07. The minimum atomic E-state index is -0.317. The second-order valence-electron chi connectivity index (χ2n) is 6.78. The number of carbonyl (C=O) groups is 2. The highest BCUT2D eigenvalue weighted by molar-refractivity contribution is 5.97. The molecule has 7 heteroatoms. The molecule has 1 fully saturated rings. The van der Waals surface area contributed by atoms with Crippen LogP contribution in [-0.4, -0.2) is 36.2 Å². The average Bonchev–Trinajstić information content (AvgIpc) is 3.14. The number of hydroxylamine groups is 1. The number of rotatable bonds is 9. The van der Waals surface area contributed by atoms with Crippen LogP contribution < -0.4 is 10.8 Å². The first-order valence-corrected chi connectivity index (χ1v) is 9.64. The number of hydrogen-bond acceptors (Lipinski definition) is 4. The Bertz CT molecular complexity index is 720. The second-order valence-corrected chi connectivity index (χ2v) is 6.78. The van der Waals surface area contributed by atoms with Gasteiger partial charge in [0.05, 0.1) is 0 Å². The van der Waals surface area contributed by atoms with Crippen molar-refractivity contribution in [2.45, 2.75) is 51.2 Å². The van der Waals surface area contributed by atoms with Crippen LogP contribution in [0.25, 0.3) is 10.9 Å². The van der Waals surface area contributed by atoms with Gasteiger partial charge in [0.2, 0.25) is 5.91 Å². The Labute approximate surface area is 158 Å². The van der Waals surface area contributed by atoms with Gasteiger partial charge in [0, 0.05) is 36.9 Å². The summed E-state index contributed by atoms with van der Waals surface area (Å²) in [5, 5.41) is 3.93. The third-order valence-corrected chi connectivity index (χ3v) is 4.58. The van der Waals surface area contributed by atoms with Gasteiger partial charge in [-0.2, -0.15) is 0 Å². The van der Waals surface area contributed by atoms with Crippen molar-refractivity contribution in [3.63, 3.8) is 0 Å². The molecule has 0 bridgehead atoms. The second kappa shape index (κ2) is 10.1. The molecule has 1 aromatic carbocycles. The predicted octanol–water partition coefficient (Wildman–Crippen LogP) is 3.03. The van der Waals surface area contributed by atoms with Crippen LogP contribution in [0, 0.1) is 0 Å². The lowest BCUT2D eigenvalue weighted by Crippen LogP contribution is -2.33. The van der Waals surface area contributed by atoms with Crippen LogP contribution >= 0.6 is 0 Å². The molecule has 1 aromatic heterocycles. The van der Waals surface area contributed by atoms with Crippen molar-refractivity contribution in [1.29, 1.82) is 0 Å². The molecule has 1 aliphatic rings. The van der Waals surface area contributed by atoms with Crippen molar-refractivity contribution in [1.82, 2.24) is 15.8 Å². The topological polar surface area (TPSA) is 92.5 Å². The van der Waals surface area contributed by atoms with Gasteiger partial charge in [0.25, 0.3) is 5.91 Å². The number of fused-ring (bicyclic) bond motifs is 1. The molecule has 1 aliphatic heterocycles. The third kappa shape index (κ3) is 6.08. The van der Waals surface area contributed by atoms with E-state index in [0.29, 0.717) is 25.3 Å². The van der Waals surface area contributed by atoms with Crippen LogP contribution in [0.1, 0.15) is 55.4 Å². The number of amides is 2. The summed E-state index contributed by atoms with van der Waals surface area (Å²) in [5.41, 5.74) is 3.98. The molecule has 1 atom stereocenters. The van der Waals surface area contributed by atoms with Crippen molar-refractivity contribution < 1.29 is 19.2 Å². The van der Waals surface area contributed by atoms with Crippen LogP contribution in [0.3, 0.4) is 0 Å². The molecule has 0 spiro atoms. The number of nitrogens with one attached hydrogen (secondary N) is 3. The van der Waals surface area contributed by atoms with E-state index in [2.05, 4.69) is 15.8 Å². The summed E-state index contributed by atoms with van der Waals surface area (Å²) in [5.74, 6) is -0.240. The minimum absolute atomic E-state index is 0.107. The van der Waals surface area contributed by atoms with E-state index in [-0.39, 0.29) is 18.1 Å². The number of benzene rings is 1. The summed E-state index contributed by atoms with van der Waals surface area (Å²) in [6, 6.07) is 9.65. The molecule has 7 nitrogen and oxygen atoms in total. The van der Waals surface area contributed by atoms with Gasteiger partial charge in [-0.15, -0.1) is 0 Å². The van der Waals surface area contributed by atoms with Gasteiger partial charge in [-0.1, -0.05) is 24.6 Å². The zero-order valence-corrected chi connectivity index (χ0v) is 15.5. The molecule has 0 saturated carbocycles. The van der Waals surface area contributed by atoms with Crippen molar-refractivity contribution in [2.24, 2.45) is 0 Å². The van der Waals surface area contributed by atoms with Crippen LogP contribution in [0.2, 0.25) is 0 Å². The number of aromatic nitrogens is 1. The van der Waals surface area contributed by atoms with Crippen LogP contribution in [0.5, 0.6) is 0 Å². The quantitative estimate of drug-likeness (QED) is 0.465. The number of aromatic amines is 1. The van der Waals surface area contributed by atoms with Gasteiger partial charge < -0.3 is 15.0 Å². The molecule has 1 saturated heterocycles. The molecule has 146 valence electrons. The van der Waals surface area contributed by atoms with E-state index in [0.717, 1.165) is 49.4 Å². The molecule has 0 radical (unpaired) electrons. The summed E-state index contributed by atoms with van der Waals surface area (Å²) in [6.07, 6.45) is 5.45. The summed E-state index contributed by atoms with van der Waals surface area (Å²) >= 11 is 0. The Morgan fingerprint density at radius 3 is 2.89 bits per heavy atom. The number of carbonyl (C=O) groups excluding carboxylic acids is 2. The standard InChI is InChI=1S/C20H27N3O4/c24-18(23-27-19-11-5-7-13-26-19)10-2-1-6-12-21-20(25)17-14-15-8-3-4-9-16(15)22-17/h3-4,8-9,14,19,22H,1-2,5-7,10-13H2,(H,21,25)(H,23,24). The normalized spacial score (nSPS) is 17.0. The monoisotopic (exact) mass is 373 g/mol. The van der Waals surface area contributed by atoms with Crippen molar-refractivity contribution in [3.05, 3.63) is 36.0 Å². The smallest absolute Gasteiger partial charge is 0.267 e. The molecule has 2 amide bonds. The molecule has 1 unspecified atom stereocenters. The first-order chi connectivity index (χ1) is 13.2. The Kier molecular flexibility index (Phi) is 7.24. The predicted molar refractivity (Wildman–Crippen MR) is 102 cm³/mol. The summed E-state index contributed by atoms with van der Waals surface area (Å²) < 4.78 is 5.38. The van der Waals surface area contributed by atoms with Crippen LogP contribution in [0.15, 0.2) is 30.3 Å². The zero-order valence-electron chi connectivity index (χ0n) is 15.5. The molecule has 3 rings (SSSR count). The molecular weight excluding hydrogens is 346 g/mol. The molecule has 0 aliphatic carbocycles. The number of ether oxygens (including phenoxy) is 1. The highest BCUT2D eigenvalue weighted by Crippen LogP contribution is 2.14. The van der Waals surface area contributed by atoms with E-state index >= 15 is 0 Å². The Balaban J connectivity index is 1.24. The SMILES string of the molecule is O=C(CCCCCNC(=O)c1cc2ccccc2[nH]1)NOC1CCCCO1. The third-order valence-electron chi connectivity index (χ3n) is 4.58. The largest absolute Gasteiger partial charge is 0.351 e. The lowest BCUT2D eigenvalue weighted by Gasteiger charge is -2.22. The van der Waals surface area contributed by atoms with Crippen molar-refractivity contribution >= 4 is 22.7 Å².